The third-order valence-corrected chi connectivity index (χ3v) is 2.95. The van der Waals surface area contributed by atoms with Crippen LogP contribution in [-0.4, -0.2) is 13.2 Å². The zero-order valence-electron chi connectivity index (χ0n) is 8.02. The summed E-state index contributed by atoms with van der Waals surface area (Å²) in [5.74, 6) is -2.42. The van der Waals surface area contributed by atoms with Crippen LogP contribution >= 0.6 is 15.9 Å². The summed E-state index contributed by atoms with van der Waals surface area (Å²) < 4.78 is 37.3. The van der Waals surface area contributed by atoms with E-state index in [1.54, 1.807) is 6.92 Å². The lowest BCUT2D eigenvalue weighted by atomic mass is 10.1. The van der Waals surface area contributed by atoms with Gasteiger partial charge in [0.25, 0.3) is 0 Å². The predicted molar refractivity (Wildman–Crippen MR) is 53.3 cm³/mol. The zero-order valence-corrected chi connectivity index (χ0v) is 9.61. The number of benzene rings is 1. The second-order valence-electron chi connectivity index (χ2n) is 3.39. The Balaban J connectivity index is 2.48. The Kier molecular flexibility index (Phi) is 2.79. The molecule has 0 unspecified atom stereocenters. The molecule has 2 nitrogen and oxygen atoms in total. The van der Waals surface area contributed by atoms with Gasteiger partial charge < -0.3 is 9.47 Å². The molecular weight excluding hydrogens is 270 g/mol. The summed E-state index contributed by atoms with van der Waals surface area (Å²) in [6, 6.07) is 2.16. The van der Waals surface area contributed by atoms with Crippen molar-refractivity contribution in [1.29, 1.82) is 0 Å². The highest BCUT2D eigenvalue weighted by atomic mass is 79.9. The molecule has 1 aliphatic heterocycles. The van der Waals surface area contributed by atoms with Gasteiger partial charge in [0, 0.05) is 11.6 Å². The minimum atomic E-state index is -1.11. The summed E-state index contributed by atoms with van der Waals surface area (Å²) in [6.45, 7) is 2.43. The molecular formula is C10H9BrF2O2. The first-order valence-electron chi connectivity index (χ1n) is 4.46. The van der Waals surface area contributed by atoms with Gasteiger partial charge in [0.05, 0.1) is 17.7 Å². The third kappa shape index (κ3) is 1.91. The van der Waals surface area contributed by atoms with Crippen LogP contribution in [-0.2, 0) is 15.3 Å². The van der Waals surface area contributed by atoms with Crippen molar-refractivity contribution in [2.75, 3.05) is 13.2 Å². The Morgan fingerprint density at radius 2 is 1.80 bits per heavy atom. The molecule has 0 aliphatic carbocycles. The first-order chi connectivity index (χ1) is 7.03. The fourth-order valence-corrected chi connectivity index (χ4v) is 1.88. The lowest BCUT2D eigenvalue weighted by molar-refractivity contribution is -0.151. The number of halogens is 3. The summed E-state index contributed by atoms with van der Waals surface area (Å²) in [6.07, 6.45) is 0. The van der Waals surface area contributed by atoms with E-state index in [4.69, 9.17) is 9.47 Å². The Morgan fingerprint density at radius 1 is 1.20 bits per heavy atom. The van der Waals surface area contributed by atoms with Gasteiger partial charge in [-0.15, -0.1) is 0 Å². The number of hydrogen-bond donors (Lipinski definition) is 0. The van der Waals surface area contributed by atoms with Crippen molar-refractivity contribution in [2.24, 2.45) is 0 Å². The highest BCUT2D eigenvalue weighted by Gasteiger charge is 2.36. The van der Waals surface area contributed by atoms with E-state index < -0.39 is 17.4 Å². The maximum Gasteiger partial charge on any atom is 0.194 e. The molecule has 0 amide bonds. The van der Waals surface area contributed by atoms with E-state index in [9.17, 15) is 8.78 Å². The molecule has 5 heteroatoms. The van der Waals surface area contributed by atoms with Crippen molar-refractivity contribution >= 4 is 15.9 Å². The average Bonchev–Trinajstić information content (AvgIpc) is 2.60. The molecule has 15 heavy (non-hydrogen) atoms. The molecule has 0 aromatic heterocycles. The second-order valence-corrected chi connectivity index (χ2v) is 4.24. The quantitative estimate of drug-likeness (QED) is 0.736. The largest absolute Gasteiger partial charge is 0.344 e. The van der Waals surface area contributed by atoms with Gasteiger partial charge in [-0.25, -0.2) is 8.78 Å². The topological polar surface area (TPSA) is 18.5 Å². The van der Waals surface area contributed by atoms with E-state index in [0.717, 1.165) is 6.07 Å². The van der Waals surface area contributed by atoms with E-state index in [2.05, 4.69) is 15.9 Å². The highest BCUT2D eigenvalue weighted by molar-refractivity contribution is 9.10. The van der Waals surface area contributed by atoms with Crippen LogP contribution in [0.15, 0.2) is 16.6 Å². The number of hydrogen-bond acceptors (Lipinski definition) is 2. The first-order valence-corrected chi connectivity index (χ1v) is 5.25. The van der Waals surface area contributed by atoms with Crippen molar-refractivity contribution in [3.05, 3.63) is 33.8 Å². The fourth-order valence-electron chi connectivity index (χ4n) is 1.54. The maximum absolute atomic E-state index is 13.5. The third-order valence-electron chi connectivity index (χ3n) is 2.34. The van der Waals surface area contributed by atoms with Gasteiger partial charge in [-0.2, -0.15) is 0 Å². The zero-order chi connectivity index (χ0) is 11.1. The molecule has 1 aliphatic rings. The lowest BCUT2D eigenvalue weighted by Gasteiger charge is -2.23. The monoisotopic (exact) mass is 278 g/mol. The van der Waals surface area contributed by atoms with Crippen molar-refractivity contribution < 1.29 is 18.3 Å². The van der Waals surface area contributed by atoms with Crippen LogP contribution in [0.2, 0.25) is 0 Å². The van der Waals surface area contributed by atoms with Crippen LogP contribution in [0.5, 0.6) is 0 Å². The standard InChI is InChI=1S/C10H9BrF2O2/c1-10(14-2-3-15-10)6-4-7(11)9(13)5-8(6)12/h4-5H,2-3H2,1H3. The van der Waals surface area contributed by atoms with Crippen molar-refractivity contribution in [3.63, 3.8) is 0 Å². The van der Waals surface area contributed by atoms with Crippen LogP contribution < -0.4 is 0 Å². The van der Waals surface area contributed by atoms with Crippen LogP contribution in [0, 0.1) is 11.6 Å². The Bertz CT molecular complexity index is 389. The van der Waals surface area contributed by atoms with Crippen LogP contribution in [0.25, 0.3) is 0 Å². The summed E-state index contributed by atoms with van der Waals surface area (Å²) in [7, 11) is 0. The van der Waals surface area contributed by atoms with Gasteiger partial charge in [-0.3, -0.25) is 0 Å². The smallest absolute Gasteiger partial charge is 0.194 e. The summed E-state index contributed by atoms with van der Waals surface area (Å²) in [5.41, 5.74) is 0.202. The number of ether oxygens (including phenoxy) is 2. The Morgan fingerprint density at radius 3 is 2.40 bits per heavy atom. The SMILES string of the molecule is CC1(c2cc(Br)c(F)cc2F)OCCO1. The lowest BCUT2D eigenvalue weighted by Crippen LogP contribution is -2.24. The van der Waals surface area contributed by atoms with E-state index in [0.29, 0.717) is 13.2 Å². The molecule has 1 saturated heterocycles. The predicted octanol–water partition coefficient (Wildman–Crippen LogP) is 2.95. The van der Waals surface area contributed by atoms with Crippen LogP contribution in [0.3, 0.4) is 0 Å². The molecule has 1 heterocycles. The molecule has 1 fully saturated rings. The molecule has 82 valence electrons. The highest BCUT2D eigenvalue weighted by Crippen LogP contribution is 2.34. The first kappa shape index (κ1) is 11.0. The second kappa shape index (κ2) is 3.81. The average molecular weight is 279 g/mol. The van der Waals surface area contributed by atoms with Gasteiger partial charge in [0.15, 0.2) is 5.79 Å². The summed E-state index contributed by atoms with van der Waals surface area (Å²) in [5, 5.41) is 0. The normalized spacial score (nSPS) is 19.5. The minimum absolute atomic E-state index is 0.194. The molecule has 0 radical (unpaired) electrons. The van der Waals surface area contributed by atoms with Crippen LogP contribution in [0.1, 0.15) is 12.5 Å². The molecule has 0 atom stereocenters. The summed E-state index contributed by atoms with van der Waals surface area (Å²) in [4.78, 5) is 0. The molecule has 2 rings (SSSR count). The Labute approximate surface area is 94.3 Å². The molecule has 0 N–H and O–H groups in total. The molecule has 1 aromatic carbocycles. The van der Waals surface area contributed by atoms with Gasteiger partial charge in [-0.1, -0.05) is 0 Å². The minimum Gasteiger partial charge on any atom is -0.344 e. The molecule has 0 spiro atoms. The van der Waals surface area contributed by atoms with E-state index >= 15 is 0 Å². The van der Waals surface area contributed by atoms with Gasteiger partial charge in [0.1, 0.15) is 11.6 Å². The van der Waals surface area contributed by atoms with Gasteiger partial charge in [0.2, 0.25) is 0 Å². The van der Waals surface area contributed by atoms with Crippen molar-refractivity contribution in [2.45, 2.75) is 12.7 Å². The van der Waals surface area contributed by atoms with E-state index in [-0.39, 0.29) is 10.0 Å². The Hall–Kier alpha value is -0.520. The van der Waals surface area contributed by atoms with Crippen molar-refractivity contribution in [1.82, 2.24) is 0 Å². The van der Waals surface area contributed by atoms with Crippen LogP contribution in [0.4, 0.5) is 8.78 Å². The van der Waals surface area contributed by atoms with Gasteiger partial charge >= 0.3 is 0 Å². The van der Waals surface area contributed by atoms with E-state index in [1.165, 1.54) is 6.07 Å². The molecule has 1 aromatic rings. The summed E-state index contributed by atoms with van der Waals surface area (Å²) >= 11 is 3.00. The van der Waals surface area contributed by atoms with Gasteiger partial charge in [-0.05, 0) is 28.9 Å². The van der Waals surface area contributed by atoms with E-state index in [1.807, 2.05) is 0 Å². The molecule has 0 bridgehead atoms. The number of rotatable bonds is 1. The molecule has 0 saturated carbocycles. The van der Waals surface area contributed by atoms with Crippen molar-refractivity contribution in [3.8, 4) is 0 Å². The maximum atomic E-state index is 13.5. The fraction of sp³-hybridized carbons (Fsp3) is 0.400.